The van der Waals surface area contributed by atoms with Crippen molar-refractivity contribution in [1.82, 2.24) is 0 Å². The van der Waals surface area contributed by atoms with Gasteiger partial charge in [0.05, 0.1) is 31.5 Å². The predicted octanol–water partition coefficient (Wildman–Crippen LogP) is 2.75. The average molecular weight is 233 g/mol. The third kappa shape index (κ3) is 5.48. The molecule has 17 heavy (non-hydrogen) atoms. The van der Waals surface area contributed by atoms with Crippen LogP contribution in [0.15, 0.2) is 24.3 Å². The highest BCUT2D eigenvalue weighted by atomic mass is 16.5. The standard InChI is InChI=1S/C14H19NO2/c1-12(2)10-16-7-8-17-11-14-6-4-3-5-13(14)9-15/h3-6,12H,7-8,10-11H2,1-2H3. The molecule has 0 unspecified atom stereocenters. The van der Waals surface area contributed by atoms with E-state index in [9.17, 15) is 0 Å². The molecule has 0 spiro atoms. The molecule has 0 bridgehead atoms. The maximum Gasteiger partial charge on any atom is 0.0995 e. The van der Waals surface area contributed by atoms with Crippen molar-refractivity contribution in [3.05, 3.63) is 35.4 Å². The number of ether oxygens (including phenoxy) is 2. The summed E-state index contributed by atoms with van der Waals surface area (Å²) in [6.45, 7) is 6.63. The quantitative estimate of drug-likeness (QED) is 0.680. The van der Waals surface area contributed by atoms with E-state index in [1.54, 1.807) is 6.07 Å². The van der Waals surface area contributed by atoms with E-state index in [4.69, 9.17) is 14.7 Å². The largest absolute Gasteiger partial charge is 0.379 e. The lowest BCUT2D eigenvalue weighted by Crippen LogP contribution is -2.08. The Morgan fingerprint density at radius 1 is 1.18 bits per heavy atom. The van der Waals surface area contributed by atoms with Crippen molar-refractivity contribution in [2.24, 2.45) is 5.92 Å². The molecule has 1 aromatic rings. The van der Waals surface area contributed by atoms with Crippen molar-refractivity contribution < 1.29 is 9.47 Å². The van der Waals surface area contributed by atoms with Crippen molar-refractivity contribution in [1.29, 1.82) is 5.26 Å². The third-order valence-corrected chi connectivity index (χ3v) is 2.22. The minimum atomic E-state index is 0.467. The van der Waals surface area contributed by atoms with Crippen LogP contribution in [0.4, 0.5) is 0 Å². The van der Waals surface area contributed by atoms with Gasteiger partial charge in [-0.2, -0.15) is 5.26 Å². The Hall–Kier alpha value is -1.37. The van der Waals surface area contributed by atoms with E-state index in [-0.39, 0.29) is 0 Å². The molecule has 1 aromatic carbocycles. The van der Waals surface area contributed by atoms with Gasteiger partial charge in [-0.15, -0.1) is 0 Å². The first-order chi connectivity index (χ1) is 8.24. The number of hydrogen-bond acceptors (Lipinski definition) is 3. The van der Waals surface area contributed by atoms with Gasteiger partial charge >= 0.3 is 0 Å². The molecule has 0 atom stereocenters. The Bertz CT molecular complexity index is 369. The summed E-state index contributed by atoms with van der Waals surface area (Å²) in [5, 5.41) is 8.89. The second kappa shape index (κ2) is 7.83. The number of nitrogens with zero attached hydrogens (tertiary/aromatic N) is 1. The molecule has 0 N–H and O–H groups in total. The molecule has 92 valence electrons. The number of nitriles is 1. The van der Waals surface area contributed by atoms with Crippen LogP contribution in [0.5, 0.6) is 0 Å². The van der Waals surface area contributed by atoms with Gasteiger partial charge in [0.2, 0.25) is 0 Å². The molecule has 0 saturated heterocycles. The van der Waals surface area contributed by atoms with Crippen LogP contribution in [-0.2, 0) is 16.1 Å². The van der Waals surface area contributed by atoms with E-state index in [1.807, 2.05) is 18.2 Å². The minimum Gasteiger partial charge on any atom is -0.379 e. The van der Waals surface area contributed by atoms with E-state index in [2.05, 4.69) is 19.9 Å². The van der Waals surface area contributed by atoms with Crippen molar-refractivity contribution >= 4 is 0 Å². The predicted molar refractivity (Wildman–Crippen MR) is 66.5 cm³/mol. The van der Waals surface area contributed by atoms with E-state index in [0.29, 0.717) is 31.3 Å². The summed E-state index contributed by atoms with van der Waals surface area (Å²) >= 11 is 0. The minimum absolute atomic E-state index is 0.467. The van der Waals surface area contributed by atoms with E-state index >= 15 is 0 Å². The number of hydrogen-bond donors (Lipinski definition) is 0. The summed E-state index contributed by atoms with van der Waals surface area (Å²) in [5.41, 5.74) is 1.61. The van der Waals surface area contributed by atoms with Gasteiger partial charge in [-0.3, -0.25) is 0 Å². The molecule has 0 amide bonds. The SMILES string of the molecule is CC(C)COCCOCc1ccccc1C#N. The van der Waals surface area contributed by atoms with E-state index in [1.165, 1.54) is 0 Å². The Morgan fingerprint density at radius 2 is 1.88 bits per heavy atom. The van der Waals surface area contributed by atoms with Crippen LogP contribution in [0.25, 0.3) is 0 Å². The number of benzene rings is 1. The van der Waals surface area contributed by atoms with Crippen LogP contribution in [0.1, 0.15) is 25.0 Å². The van der Waals surface area contributed by atoms with Gasteiger partial charge in [-0.1, -0.05) is 32.0 Å². The van der Waals surface area contributed by atoms with Gasteiger partial charge < -0.3 is 9.47 Å². The topological polar surface area (TPSA) is 42.2 Å². The van der Waals surface area contributed by atoms with Crippen molar-refractivity contribution in [3.63, 3.8) is 0 Å². The van der Waals surface area contributed by atoms with Gasteiger partial charge in [0.15, 0.2) is 0 Å². The van der Waals surface area contributed by atoms with Crippen LogP contribution in [0, 0.1) is 17.2 Å². The zero-order valence-corrected chi connectivity index (χ0v) is 10.5. The highest BCUT2D eigenvalue weighted by Crippen LogP contribution is 2.08. The lowest BCUT2D eigenvalue weighted by atomic mass is 10.1. The van der Waals surface area contributed by atoms with Crippen LogP contribution in [0.2, 0.25) is 0 Å². The summed E-state index contributed by atoms with van der Waals surface area (Å²) in [7, 11) is 0. The third-order valence-electron chi connectivity index (χ3n) is 2.22. The molecule has 0 aliphatic rings. The summed E-state index contributed by atoms with van der Waals surface area (Å²) in [4.78, 5) is 0. The molecule has 0 fully saturated rings. The smallest absolute Gasteiger partial charge is 0.0995 e. The van der Waals surface area contributed by atoms with Gasteiger partial charge in [0, 0.05) is 6.61 Å². The molecule has 3 heteroatoms. The fraction of sp³-hybridized carbons (Fsp3) is 0.500. The second-order valence-electron chi connectivity index (χ2n) is 4.29. The highest BCUT2D eigenvalue weighted by Gasteiger charge is 2.00. The molecule has 3 nitrogen and oxygen atoms in total. The Morgan fingerprint density at radius 3 is 2.59 bits per heavy atom. The van der Waals surface area contributed by atoms with Crippen LogP contribution >= 0.6 is 0 Å². The monoisotopic (exact) mass is 233 g/mol. The number of rotatable bonds is 7. The molecule has 0 aliphatic carbocycles. The summed E-state index contributed by atoms with van der Waals surface area (Å²) in [5.74, 6) is 0.550. The Kier molecular flexibility index (Phi) is 6.31. The van der Waals surface area contributed by atoms with Gasteiger partial charge in [0.25, 0.3) is 0 Å². The van der Waals surface area contributed by atoms with Gasteiger partial charge in [0.1, 0.15) is 0 Å². The molecule has 0 heterocycles. The maximum absolute atomic E-state index is 8.89. The molecule has 0 aromatic heterocycles. The lowest BCUT2D eigenvalue weighted by molar-refractivity contribution is 0.0314. The Labute approximate surface area is 103 Å². The molecule has 1 rings (SSSR count). The molecular formula is C14H19NO2. The van der Waals surface area contributed by atoms with Gasteiger partial charge in [-0.05, 0) is 17.5 Å². The molecule has 0 saturated carbocycles. The molecule has 0 radical (unpaired) electrons. The second-order valence-corrected chi connectivity index (χ2v) is 4.29. The first-order valence-electron chi connectivity index (χ1n) is 5.87. The fourth-order valence-corrected chi connectivity index (χ4v) is 1.37. The van der Waals surface area contributed by atoms with Crippen molar-refractivity contribution in [2.45, 2.75) is 20.5 Å². The van der Waals surface area contributed by atoms with Crippen molar-refractivity contribution in [2.75, 3.05) is 19.8 Å². The zero-order chi connectivity index (χ0) is 12.5. The first kappa shape index (κ1) is 13.7. The van der Waals surface area contributed by atoms with Crippen LogP contribution in [0.3, 0.4) is 0 Å². The highest BCUT2D eigenvalue weighted by molar-refractivity contribution is 5.36. The lowest BCUT2D eigenvalue weighted by Gasteiger charge is -2.08. The van der Waals surface area contributed by atoms with Gasteiger partial charge in [-0.25, -0.2) is 0 Å². The fourth-order valence-electron chi connectivity index (χ4n) is 1.37. The Balaban J connectivity index is 2.20. The summed E-state index contributed by atoms with van der Waals surface area (Å²) in [6, 6.07) is 9.63. The van der Waals surface area contributed by atoms with Crippen LogP contribution < -0.4 is 0 Å². The summed E-state index contributed by atoms with van der Waals surface area (Å²) in [6.07, 6.45) is 0. The van der Waals surface area contributed by atoms with Crippen molar-refractivity contribution in [3.8, 4) is 6.07 Å². The average Bonchev–Trinajstić information content (AvgIpc) is 2.33. The molecular weight excluding hydrogens is 214 g/mol. The molecule has 0 aliphatic heterocycles. The first-order valence-corrected chi connectivity index (χ1v) is 5.87. The van der Waals surface area contributed by atoms with E-state index in [0.717, 1.165) is 12.2 Å². The zero-order valence-electron chi connectivity index (χ0n) is 10.5. The van der Waals surface area contributed by atoms with E-state index < -0.39 is 0 Å². The summed E-state index contributed by atoms with van der Waals surface area (Å²) < 4.78 is 10.9. The normalized spacial score (nSPS) is 10.5. The maximum atomic E-state index is 8.89. The van der Waals surface area contributed by atoms with Crippen LogP contribution in [-0.4, -0.2) is 19.8 Å².